The molecule has 62 valence electrons. The molecule has 1 nitrogen and oxygen atoms in total. The van der Waals surface area contributed by atoms with E-state index in [9.17, 15) is 13.6 Å². The molecule has 0 amide bonds. The number of hydrogen-bond donors (Lipinski definition) is 0. The smallest absolute Gasteiger partial charge is 0.278 e. The van der Waals surface area contributed by atoms with Crippen LogP contribution in [0, 0.1) is 11.8 Å². The Morgan fingerprint density at radius 3 is 2.64 bits per heavy atom. The molecular weight excluding hydrogens is 150 g/mol. The van der Waals surface area contributed by atoms with Gasteiger partial charge >= 0.3 is 6.43 Å². The van der Waals surface area contributed by atoms with Crippen molar-refractivity contribution in [2.45, 2.75) is 32.6 Å². The van der Waals surface area contributed by atoms with E-state index in [1.807, 2.05) is 12.8 Å². The van der Waals surface area contributed by atoms with Gasteiger partial charge in [0, 0.05) is 6.42 Å². The second kappa shape index (κ2) is 5.84. The second-order valence-electron chi connectivity index (χ2n) is 2.07. The summed E-state index contributed by atoms with van der Waals surface area (Å²) in [6.45, 7) is 1.97. The fourth-order valence-electron chi connectivity index (χ4n) is 0.469. The lowest BCUT2D eigenvalue weighted by molar-refractivity contribution is -0.123. The Morgan fingerprint density at radius 2 is 2.18 bits per heavy atom. The lowest BCUT2D eigenvalue weighted by Crippen LogP contribution is -2.05. The average Bonchev–Trinajstić information content (AvgIpc) is 1.97. The summed E-state index contributed by atoms with van der Waals surface area (Å²) in [5.41, 5.74) is 0. The van der Waals surface area contributed by atoms with E-state index in [0.717, 1.165) is 12.8 Å². The first kappa shape index (κ1) is 10.1. The maximum Gasteiger partial charge on any atom is 0.308 e. The molecule has 0 spiro atoms. The zero-order chi connectivity index (χ0) is 8.69. The quantitative estimate of drug-likeness (QED) is 0.350. The van der Waals surface area contributed by atoms with Gasteiger partial charge in [0.05, 0.1) is 0 Å². The highest BCUT2D eigenvalue weighted by Crippen LogP contribution is 1.94. The summed E-state index contributed by atoms with van der Waals surface area (Å²) in [6.07, 6.45) is -0.611. The van der Waals surface area contributed by atoms with Crippen LogP contribution in [0.4, 0.5) is 8.78 Å². The fraction of sp³-hybridized carbons (Fsp3) is 0.625. The lowest BCUT2D eigenvalue weighted by atomic mass is 10.2. The first-order valence-corrected chi connectivity index (χ1v) is 3.49. The van der Waals surface area contributed by atoms with Crippen molar-refractivity contribution in [2.75, 3.05) is 0 Å². The number of carbonyl (C=O) groups is 1. The summed E-state index contributed by atoms with van der Waals surface area (Å²) in [4.78, 5) is 10.2. The Bertz CT molecular complexity index is 176. The van der Waals surface area contributed by atoms with Crippen LogP contribution in [0.25, 0.3) is 0 Å². The molecule has 0 unspecified atom stereocenters. The van der Waals surface area contributed by atoms with Crippen molar-refractivity contribution in [1.82, 2.24) is 0 Å². The number of Topliss-reactive ketones (excluding diaryl/α,β-unsaturated/α-hetero) is 1. The zero-order valence-electron chi connectivity index (χ0n) is 6.36. The summed E-state index contributed by atoms with van der Waals surface area (Å²) in [5.74, 6) is 2.99. The molecule has 0 aromatic heterocycles. The van der Waals surface area contributed by atoms with E-state index in [2.05, 4.69) is 5.92 Å². The number of unbranched alkanes of at least 4 members (excludes halogenated alkanes) is 2. The monoisotopic (exact) mass is 160 g/mol. The summed E-state index contributed by atoms with van der Waals surface area (Å²) in [5, 5.41) is 0. The van der Waals surface area contributed by atoms with Crippen molar-refractivity contribution in [3.63, 3.8) is 0 Å². The second-order valence-corrected chi connectivity index (χ2v) is 2.07. The first-order chi connectivity index (χ1) is 5.18. The van der Waals surface area contributed by atoms with Gasteiger partial charge in [-0.3, -0.25) is 4.79 Å². The van der Waals surface area contributed by atoms with E-state index in [0.29, 0.717) is 6.42 Å². The molecule has 0 radical (unpaired) electrons. The average molecular weight is 160 g/mol. The molecule has 0 saturated heterocycles. The molecule has 0 aromatic carbocycles. The lowest BCUT2D eigenvalue weighted by Gasteiger charge is -1.86. The number of alkyl halides is 2. The Kier molecular flexibility index (Phi) is 5.36. The molecule has 0 rings (SSSR count). The molecule has 0 atom stereocenters. The fourth-order valence-corrected chi connectivity index (χ4v) is 0.469. The third-order valence-corrected chi connectivity index (χ3v) is 1.07. The minimum absolute atomic E-state index is 0.523. The highest BCUT2D eigenvalue weighted by Gasteiger charge is 2.10. The van der Waals surface area contributed by atoms with Crippen LogP contribution in [0.1, 0.15) is 26.2 Å². The Morgan fingerprint density at radius 1 is 1.55 bits per heavy atom. The molecule has 0 bridgehead atoms. The van der Waals surface area contributed by atoms with Crippen molar-refractivity contribution in [2.24, 2.45) is 0 Å². The molecule has 0 N–H and O–H groups in total. The molecule has 0 aliphatic heterocycles. The van der Waals surface area contributed by atoms with Gasteiger partial charge in [-0.25, -0.2) is 8.78 Å². The third-order valence-electron chi connectivity index (χ3n) is 1.07. The number of hydrogen-bond acceptors (Lipinski definition) is 1. The van der Waals surface area contributed by atoms with E-state index >= 15 is 0 Å². The van der Waals surface area contributed by atoms with Gasteiger partial charge in [-0.15, -0.1) is 0 Å². The van der Waals surface area contributed by atoms with E-state index in [1.54, 1.807) is 0 Å². The molecule has 11 heavy (non-hydrogen) atoms. The summed E-state index contributed by atoms with van der Waals surface area (Å²) in [6, 6.07) is 0. The minimum atomic E-state index is -2.94. The third kappa shape index (κ3) is 5.53. The van der Waals surface area contributed by atoms with Crippen LogP contribution in [0.3, 0.4) is 0 Å². The highest BCUT2D eigenvalue weighted by molar-refractivity contribution is 5.97. The van der Waals surface area contributed by atoms with Crippen LogP contribution in [0.15, 0.2) is 0 Å². The van der Waals surface area contributed by atoms with Crippen molar-refractivity contribution < 1.29 is 13.6 Å². The molecule has 0 aromatic rings. The van der Waals surface area contributed by atoms with Crippen molar-refractivity contribution in [3.05, 3.63) is 0 Å². The maximum absolute atomic E-state index is 11.5. The summed E-state index contributed by atoms with van der Waals surface area (Å²) >= 11 is 0. The number of halogens is 2. The van der Waals surface area contributed by atoms with E-state index in [1.165, 1.54) is 0 Å². The molecular formula is C8H10F2O. The van der Waals surface area contributed by atoms with Gasteiger partial charge in [0.25, 0.3) is 5.78 Å². The van der Waals surface area contributed by atoms with Crippen LogP contribution in [0.5, 0.6) is 0 Å². The number of carbonyl (C=O) groups excluding carboxylic acids is 1. The predicted octanol–water partition coefficient (Wildman–Crippen LogP) is 2.01. The molecule has 0 saturated carbocycles. The van der Waals surface area contributed by atoms with Crippen LogP contribution < -0.4 is 0 Å². The van der Waals surface area contributed by atoms with Crippen LogP contribution in [-0.2, 0) is 4.79 Å². The molecule has 0 aliphatic rings. The molecule has 0 heterocycles. The molecule has 3 heteroatoms. The predicted molar refractivity (Wildman–Crippen MR) is 38.3 cm³/mol. The van der Waals surface area contributed by atoms with Crippen molar-refractivity contribution in [3.8, 4) is 11.8 Å². The number of ketones is 1. The van der Waals surface area contributed by atoms with Gasteiger partial charge in [-0.05, 0) is 12.3 Å². The molecule has 0 aliphatic carbocycles. The van der Waals surface area contributed by atoms with Gasteiger partial charge in [-0.2, -0.15) is 0 Å². The van der Waals surface area contributed by atoms with E-state index in [4.69, 9.17) is 0 Å². The van der Waals surface area contributed by atoms with E-state index < -0.39 is 12.2 Å². The largest absolute Gasteiger partial charge is 0.308 e. The van der Waals surface area contributed by atoms with Gasteiger partial charge in [0.15, 0.2) is 0 Å². The first-order valence-electron chi connectivity index (χ1n) is 3.49. The summed E-state index contributed by atoms with van der Waals surface area (Å²) in [7, 11) is 0. The zero-order valence-corrected chi connectivity index (χ0v) is 6.36. The summed E-state index contributed by atoms with van der Waals surface area (Å²) < 4.78 is 23.0. The van der Waals surface area contributed by atoms with Gasteiger partial charge in [0.2, 0.25) is 0 Å². The number of rotatable bonds is 3. The van der Waals surface area contributed by atoms with Gasteiger partial charge in [0.1, 0.15) is 0 Å². The van der Waals surface area contributed by atoms with Gasteiger partial charge < -0.3 is 0 Å². The Balaban J connectivity index is 3.60. The van der Waals surface area contributed by atoms with Crippen LogP contribution in [-0.4, -0.2) is 12.2 Å². The normalized spacial score (nSPS) is 9.09. The Hall–Kier alpha value is -0.910. The standard InChI is InChI=1S/C8H10F2O/c1-2-3-4-5-6-7(11)8(9)10/h8H,2-4H2,1H3. The van der Waals surface area contributed by atoms with Crippen molar-refractivity contribution >= 4 is 5.78 Å². The highest BCUT2D eigenvalue weighted by atomic mass is 19.3. The maximum atomic E-state index is 11.5. The van der Waals surface area contributed by atoms with Crippen LogP contribution >= 0.6 is 0 Å². The van der Waals surface area contributed by atoms with Gasteiger partial charge in [-0.1, -0.05) is 19.3 Å². The van der Waals surface area contributed by atoms with Crippen molar-refractivity contribution in [1.29, 1.82) is 0 Å². The minimum Gasteiger partial charge on any atom is -0.278 e. The molecule has 0 fully saturated rings. The SMILES string of the molecule is CCCCC#CC(=O)C(F)F. The Labute approximate surface area is 64.8 Å². The van der Waals surface area contributed by atoms with Crippen LogP contribution in [0.2, 0.25) is 0 Å². The topological polar surface area (TPSA) is 17.1 Å². The van der Waals surface area contributed by atoms with E-state index in [-0.39, 0.29) is 0 Å².